The van der Waals surface area contributed by atoms with Gasteiger partial charge in [-0.2, -0.15) is 0 Å². The molecule has 0 bridgehead atoms. The number of hydrogen-bond donors (Lipinski definition) is 2. The second-order valence-corrected chi connectivity index (χ2v) is 6.09. The first-order chi connectivity index (χ1) is 8.33. The Morgan fingerprint density at radius 1 is 1.50 bits per heavy atom. The van der Waals surface area contributed by atoms with E-state index in [1.54, 1.807) is 6.07 Å². The van der Waals surface area contributed by atoms with Gasteiger partial charge in [-0.25, -0.2) is 13.1 Å². The fourth-order valence-corrected chi connectivity index (χ4v) is 2.60. The first-order valence-corrected chi connectivity index (χ1v) is 7.17. The fourth-order valence-electron chi connectivity index (χ4n) is 1.25. The first kappa shape index (κ1) is 14.9. The molecule has 0 saturated carbocycles. The zero-order chi connectivity index (χ0) is 13.8. The molecule has 100 valence electrons. The van der Waals surface area contributed by atoms with Gasteiger partial charge < -0.3 is 5.11 Å². The standard InChI is InChI=1S/C11H14ClNO4S/c1-8(11(14)15)5-6-13-18(16,17)10-4-2-3-9(12)7-10/h2-4,7-8,13H,5-6H2,1H3,(H,14,15). The van der Waals surface area contributed by atoms with Crippen molar-refractivity contribution in [2.45, 2.75) is 18.2 Å². The first-order valence-electron chi connectivity index (χ1n) is 5.31. The number of carboxylic acids is 1. The maximum Gasteiger partial charge on any atom is 0.306 e. The number of carbonyl (C=O) groups is 1. The molecule has 1 aromatic rings. The number of sulfonamides is 1. The van der Waals surface area contributed by atoms with Crippen LogP contribution >= 0.6 is 11.6 Å². The van der Waals surface area contributed by atoms with Crippen molar-refractivity contribution in [3.8, 4) is 0 Å². The normalized spacial score (nSPS) is 13.2. The van der Waals surface area contributed by atoms with Gasteiger partial charge >= 0.3 is 5.97 Å². The third-order valence-corrected chi connectivity index (χ3v) is 4.09. The van der Waals surface area contributed by atoms with Crippen LogP contribution in [0.3, 0.4) is 0 Å². The van der Waals surface area contributed by atoms with Crippen molar-refractivity contribution in [2.24, 2.45) is 5.92 Å². The Hall–Kier alpha value is -1.11. The van der Waals surface area contributed by atoms with Crippen LogP contribution in [0.5, 0.6) is 0 Å². The quantitative estimate of drug-likeness (QED) is 0.836. The molecule has 0 spiro atoms. The Balaban J connectivity index is 2.64. The Morgan fingerprint density at radius 3 is 2.72 bits per heavy atom. The van der Waals surface area contributed by atoms with Crippen LogP contribution in [-0.4, -0.2) is 26.0 Å². The van der Waals surface area contributed by atoms with Crippen molar-refractivity contribution < 1.29 is 18.3 Å². The van der Waals surface area contributed by atoms with Gasteiger partial charge in [0, 0.05) is 11.6 Å². The predicted molar refractivity (Wildman–Crippen MR) is 68.1 cm³/mol. The minimum absolute atomic E-state index is 0.0676. The lowest BCUT2D eigenvalue weighted by molar-refractivity contribution is -0.141. The van der Waals surface area contributed by atoms with Crippen LogP contribution in [0.1, 0.15) is 13.3 Å². The van der Waals surface area contributed by atoms with Crippen molar-refractivity contribution in [3.05, 3.63) is 29.3 Å². The maximum atomic E-state index is 11.8. The zero-order valence-electron chi connectivity index (χ0n) is 9.76. The van der Waals surface area contributed by atoms with E-state index in [-0.39, 0.29) is 17.9 Å². The van der Waals surface area contributed by atoms with E-state index in [9.17, 15) is 13.2 Å². The average molecular weight is 292 g/mol. The molecule has 18 heavy (non-hydrogen) atoms. The fraction of sp³-hybridized carbons (Fsp3) is 0.364. The summed E-state index contributed by atoms with van der Waals surface area (Å²) in [6.45, 7) is 1.60. The third kappa shape index (κ3) is 4.29. The molecule has 0 saturated heterocycles. The molecular formula is C11H14ClNO4S. The minimum atomic E-state index is -3.63. The largest absolute Gasteiger partial charge is 0.481 e. The molecule has 7 heteroatoms. The molecule has 5 nitrogen and oxygen atoms in total. The van der Waals surface area contributed by atoms with Crippen LogP contribution in [-0.2, 0) is 14.8 Å². The Kier molecular flexibility index (Phi) is 5.13. The van der Waals surface area contributed by atoms with E-state index in [1.807, 2.05) is 0 Å². The van der Waals surface area contributed by atoms with Gasteiger partial charge in [0.15, 0.2) is 0 Å². The summed E-state index contributed by atoms with van der Waals surface area (Å²) in [5.41, 5.74) is 0. The molecule has 0 aliphatic heterocycles. The molecule has 0 fully saturated rings. The molecule has 0 amide bonds. The summed E-state index contributed by atoms with van der Waals surface area (Å²) in [6.07, 6.45) is 0.231. The second-order valence-electron chi connectivity index (χ2n) is 3.88. The van der Waals surface area contributed by atoms with Crippen LogP contribution in [0.2, 0.25) is 5.02 Å². The highest BCUT2D eigenvalue weighted by Crippen LogP contribution is 2.15. The van der Waals surface area contributed by atoms with E-state index in [2.05, 4.69) is 4.72 Å². The molecule has 2 N–H and O–H groups in total. The van der Waals surface area contributed by atoms with Gasteiger partial charge in [0.05, 0.1) is 10.8 Å². The third-order valence-electron chi connectivity index (χ3n) is 2.40. The van der Waals surface area contributed by atoms with Crippen LogP contribution in [0.15, 0.2) is 29.2 Å². The molecule has 0 aliphatic rings. The van der Waals surface area contributed by atoms with Crippen molar-refractivity contribution in [3.63, 3.8) is 0 Å². The molecule has 0 aromatic heterocycles. The Labute approximate surface area is 111 Å². The minimum Gasteiger partial charge on any atom is -0.481 e. The van der Waals surface area contributed by atoms with Crippen LogP contribution in [0.4, 0.5) is 0 Å². The number of nitrogens with one attached hydrogen (secondary N) is 1. The van der Waals surface area contributed by atoms with Gasteiger partial charge in [-0.3, -0.25) is 4.79 Å². The number of carboxylic acid groups (broad SMARTS) is 1. The van der Waals surface area contributed by atoms with Crippen LogP contribution in [0, 0.1) is 5.92 Å². The number of halogens is 1. The van der Waals surface area contributed by atoms with Crippen LogP contribution in [0.25, 0.3) is 0 Å². The van der Waals surface area contributed by atoms with Gasteiger partial charge in [-0.05, 0) is 24.6 Å². The molecule has 1 aromatic carbocycles. The van der Waals surface area contributed by atoms with Crippen molar-refractivity contribution in [1.29, 1.82) is 0 Å². The van der Waals surface area contributed by atoms with Gasteiger partial charge in [-0.15, -0.1) is 0 Å². The highest BCUT2D eigenvalue weighted by molar-refractivity contribution is 7.89. The highest BCUT2D eigenvalue weighted by Gasteiger charge is 2.16. The van der Waals surface area contributed by atoms with Gasteiger partial charge in [0.25, 0.3) is 0 Å². The Morgan fingerprint density at radius 2 is 2.17 bits per heavy atom. The highest BCUT2D eigenvalue weighted by atomic mass is 35.5. The summed E-state index contributed by atoms with van der Waals surface area (Å²) in [4.78, 5) is 10.6. The number of aliphatic carboxylic acids is 1. The molecule has 1 rings (SSSR count). The van der Waals surface area contributed by atoms with Crippen LogP contribution < -0.4 is 4.72 Å². The lowest BCUT2D eigenvalue weighted by Crippen LogP contribution is -2.27. The molecular weight excluding hydrogens is 278 g/mol. The van der Waals surface area contributed by atoms with E-state index in [0.29, 0.717) is 5.02 Å². The summed E-state index contributed by atoms with van der Waals surface area (Å²) in [5, 5.41) is 9.00. The van der Waals surface area contributed by atoms with E-state index < -0.39 is 21.9 Å². The zero-order valence-corrected chi connectivity index (χ0v) is 11.3. The predicted octanol–water partition coefficient (Wildman–Crippen LogP) is 1.73. The van der Waals surface area contributed by atoms with Crippen molar-refractivity contribution >= 4 is 27.6 Å². The molecule has 0 radical (unpaired) electrons. The second kappa shape index (κ2) is 6.17. The lowest BCUT2D eigenvalue weighted by atomic mass is 10.1. The van der Waals surface area contributed by atoms with Gasteiger partial charge in [0.2, 0.25) is 10.0 Å². The monoisotopic (exact) mass is 291 g/mol. The van der Waals surface area contributed by atoms with E-state index in [1.165, 1.54) is 25.1 Å². The summed E-state index contributed by atoms with van der Waals surface area (Å²) in [5.74, 6) is -1.54. The van der Waals surface area contributed by atoms with Crippen molar-refractivity contribution in [2.75, 3.05) is 6.54 Å². The maximum absolute atomic E-state index is 11.8. The van der Waals surface area contributed by atoms with Crippen molar-refractivity contribution in [1.82, 2.24) is 4.72 Å². The summed E-state index contributed by atoms with van der Waals surface area (Å²) in [6, 6.07) is 5.88. The number of rotatable bonds is 6. The molecule has 1 atom stereocenters. The van der Waals surface area contributed by atoms with E-state index in [0.717, 1.165) is 0 Å². The van der Waals surface area contributed by atoms with Gasteiger partial charge in [-0.1, -0.05) is 24.6 Å². The number of benzene rings is 1. The molecule has 1 unspecified atom stereocenters. The summed E-state index contributed by atoms with van der Waals surface area (Å²) < 4.78 is 26.0. The summed E-state index contributed by atoms with van der Waals surface area (Å²) in [7, 11) is -3.63. The molecule has 0 heterocycles. The van der Waals surface area contributed by atoms with E-state index >= 15 is 0 Å². The number of hydrogen-bond acceptors (Lipinski definition) is 3. The van der Waals surface area contributed by atoms with E-state index in [4.69, 9.17) is 16.7 Å². The summed E-state index contributed by atoms with van der Waals surface area (Å²) >= 11 is 5.71. The smallest absolute Gasteiger partial charge is 0.306 e. The lowest BCUT2D eigenvalue weighted by Gasteiger charge is -2.09. The van der Waals surface area contributed by atoms with Gasteiger partial charge in [0.1, 0.15) is 0 Å². The topological polar surface area (TPSA) is 83.5 Å². The molecule has 0 aliphatic carbocycles. The Bertz CT molecular complexity index is 530. The SMILES string of the molecule is CC(CCNS(=O)(=O)c1cccc(Cl)c1)C(=O)O. The average Bonchev–Trinajstić information content (AvgIpc) is 2.28.